The van der Waals surface area contributed by atoms with Gasteiger partial charge in [0.15, 0.2) is 10.9 Å². The summed E-state index contributed by atoms with van der Waals surface area (Å²) in [7, 11) is 0. The normalized spacial score (nSPS) is 10.5. The Labute approximate surface area is 160 Å². The molecule has 0 aliphatic heterocycles. The van der Waals surface area contributed by atoms with Crippen LogP contribution in [0.15, 0.2) is 52.9 Å². The third-order valence-corrected chi connectivity index (χ3v) is 5.81. The van der Waals surface area contributed by atoms with Crippen LogP contribution >= 0.6 is 23.1 Å². The molecule has 1 heterocycles. The van der Waals surface area contributed by atoms with Crippen LogP contribution in [0, 0.1) is 13.8 Å². The Balaban J connectivity index is 1.49. The lowest BCUT2D eigenvalue weighted by atomic mass is 10.1. The molecule has 5 nitrogen and oxygen atoms in total. The number of hydrogen-bond acceptors (Lipinski definition) is 6. The minimum absolute atomic E-state index is 0.0592. The second-order valence-corrected chi connectivity index (χ2v) is 7.88. The second-order valence-electron chi connectivity index (χ2n) is 5.68. The van der Waals surface area contributed by atoms with Gasteiger partial charge in [-0.05, 0) is 36.6 Å². The van der Waals surface area contributed by atoms with E-state index in [9.17, 15) is 4.79 Å². The predicted molar refractivity (Wildman–Crippen MR) is 106 cm³/mol. The monoisotopic (exact) mass is 385 g/mol. The molecule has 0 bridgehead atoms. The first-order chi connectivity index (χ1) is 12.6. The fourth-order valence-corrected chi connectivity index (χ4v) is 3.94. The van der Waals surface area contributed by atoms with Crippen LogP contribution in [0.5, 0.6) is 5.75 Å². The lowest BCUT2D eigenvalue weighted by Gasteiger charge is -2.10. The van der Waals surface area contributed by atoms with Crippen LogP contribution < -0.4 is 10.1 Å². The summed E-state index contributed by atoms with van der Waals surface area (Å²) < 4.78 is 6.42. The van der Waals surface area contributed by atoms with Crippen LogP contribution in [0.4, 0.5) is 5.13 Å². The topological polar surface area (TPSA) is 64.1 Å². The number of rotatable bonds is 7. The summed E-state index contributed by atoms with van der Waals surface area (Å²) >= 11 is 2.96. The summed E-state index contributed by atoms with van der Waals surface area (Å²) in [5, 5.41) is 11.3. The van der Waals surface area contributed by atoms with Gasteiger partial charge in [-0.15, -0.1) is 10.2 Å². The van der Waals surface area contributed by atoms with Gasteiger partial charge in [-0.1, -0.05) is 65.6 Å². The van der Waals surface area contributed by atoms with Gasteiger partial charge in [0.2, 0.25) is 5.13 Å². The molecule has 7 heteroatoms. The molecular weight excluding hydrogens is 366 g/mol. The van der Waals surface area contributed by atoms with Gasteiger partial charge in [-0.3, -0.25) is 10.1 Å². The van der Waals surface area contributed by atoms with E-state index < -0.39 is 0 Å². The molecule has 1 N–H and O–H groups in total. The fourth-order valence-electron chi connectivity index (χ4n) is 2.22. The first-order valence-electron chi connectivity index (χ1n) is 8.11. The van der Waals surface area contributed by atoms with Crippen molar-refractivity contribution >= 4 is 34.1 Å². The molecule has 0 aliphatic rings. The van der Waals surface area contributed by atoms with E-state index in [1.54, 1.807) is 11.8 Å². The maximum Gasteiger partial charge on any atom is 0.264 e. The zero-order valence-corrected chi connectivity index (χ0v) is 16.2. The van der Waals surface area contributed by atoms with E-state index in [0.29, 0.717) is 5.13 Å². The minimum Gasteiger partial charge on any atom is -0.483 e. The van der Waals surface area contributed by atoms with Crippen molar-refractivity contribution in [3.05, 3.63) is 65.2 Å². The average Bonchev–Trinajstić information content (AvgIpc) is 3.09. The Hall–Kier alpha value is -2.38. The summed E-state index contributed by atoms with van der Waals surface area (Å²) in [4.78, 5) is 12.1. The van der Waals surface area contributed by atoms with E-state index >= 15 is 0 Å². The number of thioether (sulfide) groups is 1. The fraction of sp³-hybridized carbons (Fsp3) is 0.211. The maximum atomic E-state index is 12.1. The molecule has 1 amide bonds. The molecule has 26 heavy (non-hydrogen) atoms. The molecule has 1 aromatic heterocycles. The smallest absolute Gasteiger partial charge is 0.264 e. The molecule has 3 rings (SSSR count). The van der Waals surface area contributed by atoms with Gasteiger partial charge in [-0.25, -0.2) is 0 Å². The van der Waals surface area contributed by atoms with E-state index in [4.69, 9.17) is 4.74 Å². The number of benzene rings is 2. The van der Waals surface area contributed by atoms with Crippen molar-refractivity contribution in [1.29, 1.82) is 0 Å². The highest BCUT2D eigenvalue weighted by atomic mass is 32.2. The number of anilines is 1. The molecule has 0 spiro atoms. The van der Waals surface area contributed by atoms with Crippen molar-refractivity contribution in [2.75, 3.05) is 11.9 Å². The van der Waals surface area contributed by atoms with Crippen molar-refractivity contribution in [2.24, 2.45) is 0 Å². The average molecular weight is 386 g/mol. The van der Waals surface area contributed by atoms with Crippen molar-refractivity contribution < 1.29 is 9.53 Å². The highest BCUT2D eigenvalue weighted by molar-refractivity contribution is 8.00. The third-order valence-electron chi connectivity index (χ3n) is 3.77. The van der Waals surface area contributed by atoms with Gasteiger partial charge in [0.25, 0.3) is 5.91 Å². The van der Waals surface area contributed by atoms with Gasteiger partial charge in [-0.2, -0.15) is 0 Å². The van der Waals surface area contributed by atoms with Gasteiger partial charge < -0.3 is 4.74 Å². The summed E-state index contributed by atoms with van der Waals surface area (Å²) in [6, 6.07) is 15.9. The lowest BCUT2D eigenvalue weighted by molar-refractivity contribution is -0.118. The van der Waals surface area contributed by atoms with E-state index in [1.165, 1.54) is 16.9 Å². The van der Waals surface area contributed by atoms with Crippen LogP contribution in [0.3, 0.4) is 0 Å². The zero-order valence-electron chi connectivity index (χ0n) is 14.6. The van der Waals surface area contributed by atoms with Crippen molar-refractivity contribution in [3.8, 4) is 5.75 Å². The van der Waals surface area contributed by atoms with Crippen molar-refractivity contribution in [1.82, 2.24) is 10.2 Å². The van der Waals surface area contributed by atoms with Crippen molar-refractivity contribution in [3.63, 3.8) is 0 Å². The quantitative estimate of drug-likeness (QED) is 0.480. The zero-order chi connectivity index (χ0) is 18.4. The van der Waals surface area contributed by atoms with Crippen LogP contribution in [0.2, 0.25) is 0 Å². The van der Waals surface area contributed by atoms with Crippen LogP contribution in [0.1, 0.15) is 16.7 Å². The lowest BCUT2D eigenvalue weighted by Crippen LogP contribution is -2.20. The predicted octanol–water partition coefficient (Wildman–Crippen LogP) is 4.46. The van der Waals surface area contributed by atoms with Crippen LogP contribution in [0.25, 0.3) is 0 Å². The van der Waals surface area contributed by atoms with Crippen LogP contribution in [-0.2, 0) is 10.5 Å². The summed E-state index contributed by atoms with van der Waals surface area (Å²) in [5.74, 6) is 1.29. The molecule has 0 atom stereocenters. The molecule has 2 aromatic carbocycles. The van der Waals surface area contributed by atoms with E-state index in [2.05, 4.69) is 27.6 Å². The third kappa shape index (κ3) is 5.06. The maximum absolute atomic E-state index is 12.1. The number of nitrogens with zero attached hydrogens (tertiary/aromatic N) is 2. The molecule has 0 saturated heterocycles. The number of aromatic nitrogens is 2. The molecule has 0 unspecified atom stereocenters. The molecule has 0 fully saturated rings. The van der Waals surface area contributed by atoms with E-state index in [1.807, 2.05) is 50.2 Å². The Morgan fingerprint density at radius 1 is 1.12 bits per heavy atom. The first kappa shape index (κ1) is 18.4. The Kier molecular flexibility index (Phi) is 6.25. The van der Waals surface area contributed by atoms with Gasteiger partial charge in [0, 0.05) is 5.75 Å². The Morgan fingerprint density at radius 3 is 2.73 bits per heavy atom. The number of aryl methyl sites for hydroxylation is 1. The molecule has 3 aromatic rings. The van der Waals surface area contributed by atoms with Gasteiger partial charge in [0.1, 0.15) is 5.75 Å². The number of carbonyl (C=O) groups excluding carboxylic acids is 1. The van der Waals surface area contributed by atoms with E-state index in [-0.39, 0.29) is 12.5 Å². The number of nitrogens with one attached hydrogen (secondary N) is 1. The summed E-state index contributed by atoms with van der Waals surface area (Å²) in [6.45, 7) is 3.93. The number of amides is 1. The van der Waals surface area contributed by atoms with E-state index in [0.717, 1.165) is 27.0 Å². The number of ether oxygens (including phenoxy) is 1. The largest absolute Gasteiger partial charge is 0.483 e. The molecule has 0 saturated carbocycles. The SMILES string of the molecule is Cc1cccc(OCC(=O)Nc2nnc(SCc3ccccc3)s2)c1C. The van der Waals surface area contributed by atoms with Crippen molar-refractivity contribution in [2.45, 2.75) is 23.9 Å². The summed E-state index contributed by atoms with van der Waals surface area (Å²) in [6.07, 6.45) is 0. The standard InChI is InChI=1S/C19H19N3O2S2/c1-13-7-6-10-16(14(13)2)24-11-17(23)20-18-21-22-19(26-18)25-12-15-8-4-3-5-9-15/h3-10H,11-12H2,1-2H3,(H,20,21,23). The molecule has 0 radical (unpaired) electrons. The van der Waals surface area contributed by atoms with Gasteiger partial charge in [0.05, 0.1) is 0 Å². The molecular formula is C19H19N3O2S2. The Morgan fingerprint density at radius 2 is 1.92 bits per heavy atom. The molecule has 134 valence electrons. The highest BCUT2D eigenvalue weighted by Crippen LogP contribution is 2.28. The summed E-state index contributed by atoms with van der Waals surface area (Å²) in [5.41, 5.74) is 3.39. The Bertz CT molecular complexity index is 882. The molecule has 0 aliphatic carbocycles. The second kappa shape index (κ2) is 8.82. The number of hydrogen-bond donors (Lipinski definition) is 1. The number of carbonyl (C=O) groups is 1. The highest BCUT2D eigenvalue weighted by Gasteiger charge is 2.10. The minimum atomic E-state index is -0.248. The first-order valence-corrected chi connectivity index (χ1v) is 9.91. The van der Waals surface area contributed by atoms with Gasteiger partial charge >= 0.3 is 0 Å². The van der Waals surface area contributed by atoms with Crippen LogP contribution in [-0.4, -0.2) is 22.7 Å².